The molecule has 22 heavy (non-hydrogen) atoms. The second-order valence-electron chi connectivity index (χ2n) is 6.58. The second kappa shape index (κ2) is 6.53. The maximum absolute atomic E-state index is 12.5. The first-order valence-electron chi connectivity index (χ1n) is 8.16. The summed E-state index contributed by atoms with van der Waals surface area (Å²) in [4.78, 5) is 12.5. The van der Waals surface area contributed by atoms with E-state index in [1.54, 1.807) is 0 Å². The van der Waals surface area contributed by atoms with E-state index in [9.17, 15) is 4.79 Å². The topological polar surface area (TPSA) is 38.3 Å². The fraction of sp³-hybridized carbons (Fsp3) is 0.611. The normalized spacial score (nSPS) is 27.1. The SMILES string of the molecule is CS[C@@H]1CCC[C@H](NC(=O)[C@@H]2Cc3cc(C)c(C)cc3O2)C1. The van der Waals surface area contributed by atoms with Crippen LogP contribution in [0.2, 0.25) is 0 Å². The first kappa shape index (κ1) is 15.7. The lowest BCUT2D eigenvalue weighted by Gasteiger charge is -2.29. The van der Waals surface area contributed by atoms with E-state index in [-0.39, 0.29) is 12.0 Å². The molecule has 1 N–H and O–H groups in total. The van der Waals surface area contributed by atoms with Crippen LogP contribution in [0, 0.1) is 13.8 Å². The molecule has 3 rings (SSSR count). The van der Waals surface area contributed by atoms with Crippen LogP contribution in [-0.2, 0) is 11.2 Å². The predicted octanol–water partition coefficient (Wildman–Crippen LogP) is 3.40. The van der Waals surface area contributed by atoms with E-state index in [1.165, 1.54) is 24.0 Å². The minimum absolute atomic E-state index is 0.0539. The number of aryl methyl sites for hydroxylation is 2. The van der Waals surface area contributed by atoms with E-state index in [1.807, 2.05) is 11.8 Å². The summed E-state index contributed by atoms with van der Waals surface area (Å²) in [6.45, 7) is 4.19. The zero-order valence-electron chi connectivity index (χ0n) is 13.6. The Kier molecular flexibility index (Phi) is 4.67. The predicted molar refractivity (Wildman–Crippen MR) is 91.7 cm³/mol. The van der Waals surface area contributed by atoms with E-state index in [0.29, 0.717) is 17.7 Å². The Hall–Kier alpha value is -1.16. The number of rotatable bonds is 3. The third-order valence-electron chi connectivity index (χ3n) is 4.95. The zero-order chi connectivity index (χ0) is 15.7. The van der Waals surface area contributed by atoms with Gasteiger partial charge in [-0.1, -0.05) is 12.5 Å². The van der Waals surface area contributed by atoms with Crippen molar-refractivity contribution >= 4 is 17.7 Å². The fourth-order valence-corrected chi connectivity index (χ4v) is 4.27. The van der Waals surface area contributed by atoms with Crippen LogP contribution >= 0.6 is 11.8 Å². The minimum Gasteiger partial charge on any atom is -0.480 e. The summed E-state index contributed by atoms with van der Waals surface area (Å²) >= 11 is 1.92. The molecule has 3 nitrogen and oxygen atoms in total. The monoisotopic (exact) mass is 319 g/mol. The standard InChI is InChI=1S/C18H25NO2S/c1-11-7-13-9-17(21-16(13)8-12(11)2)18(20)19-14-5-4-6-15(10-14)22-3/h7-8,14-15,17H,4-6,9-10H2,1-3H3,(H,19,20)/t14-,15+,17-/m0/s1. The van der Waals surface area contributed by atoms with Crippen LogP contribution in [-0.4, -0.2) is 29.6 Å². The molecule has 0 radical (unpaired) electrons. The highest BCUT2D eigenvalue weighted by molar-refractivity contribution is 7.99. The molecule has 4 heteroatoms. The van der Waals surface area contributed by atoms with Gasteiger partial charge in [0.25, 0.3) is 5.91 Å². The molecule has 0 unspecified atom stereocenters. The van der Waals surface area contributed by atoms with Crippen LogP contribution in [0.1, 0.15) is 42.4 Å². The molecule has 1 aromatic rings. The molecule has 1 aromatic carbocycles. The number of amides is 1. The lowest BCUT2D eigenvalue weighted by Crippen LogP contribution is -2.45. The molecule has 1 heterocycles. The molecule has 0 saturated heterocycles. The summed E-state index contributed by atoms with van der Waals surface area (Å²) in [5.74, 6) is 0.937. The summed E-state index contributed by atoms with van der Waals surface area (Å²) < 4.78 is 5.88. The van der Waals surface area contributed by atoms with E-state index in [4.69, 9.17) is 4.74 Å². The molecule has 1 aliphatic heterocycles. The van der Waals surface area contributed by atoms with Crippen molar-refractivity contribution in [1.82, 2.24) is 5.32 Å². The molecule has 120 valence electrons. The van der Waals surface area contributed by atoms with Gasteiger partial charge in [-0.05, 0) is 62.1 Å². The number of hydrogen-bond acceptors (Lipinski definition) is 3. The number of hydrogen-bond donors (Lipinski definition) is 1. The summed E-state index contributed by atoms with van der Waals surface area (Å²) in [7, 11) is 0. The molecule has 1 aliphatic carbocycles. The van der Waals surface area contributed by atoms with Gasteiger partial charge >= 0.3 is 0 Å². The van der Waals surface area contributed by atoms with Gasteiger partial charge in [0.15, 0.2) is 6.10 Å². The first-order valence-corrected chi connectivity index (χ1v) is 9.45. The van der Waals surface area contributed by atoms with Crippen LogP contribution in [0.5, 0.6) is 5.75 Å². The van der Waals surface area contributed by atoms with Crippen LogP contribution in [0.3, 0.4) is 0 Å². The van der Waals surface area contributed by atoms with Gasteiger partial charge in [-0.25, -0.2) is 0 Å². The Morgan fingerprint density at radius 3 is 2.82 bits per heavy atom. The number of thioether (sulfide) groups is 1. The highest BCUT2D eigenvalue weighted by Crippen LogP contribution is 2.32. The fourth-order valence-electron chi connectivity index (χ4n) is 3.44. The van der Waals surface area contributed by atoms with Crippen molar-refractivity contribution in [1.29, 1.82) is 0 Å². The van der Waals surface area contributed by atoms with Gasteiger partial charge in [0.1, 0.15) is 5.75 Å². The van der Waals surface area contributed by atoms with Gasteiger partial charge in [0.05, 0.1) is 0 Å². The molecule has 2 aliphatic rings. The maximum atomic E-state index is 12.5. The number of carbonyl (C=O) groups excluding carboxylic acids is 1. The van der Waals surface area contributed by atoms with Crippen LogP contribution in [0.15, 0.2) is 12.1 Å². The molecule has 0 bridgehead atoms. The third kappa shape index (κ3) is 3.27. The summed E-state index contributed by atoms with van der Waals surface area (Å²) in [5.41, 5.74) is 3.64. The van der Waals surface area contributed by atoms with Crippen molar-refractivity contribution in [2.75, 3.05) is 6.26 Å². The Bertz CT molecular complexity index is 541. The maximum Gasteiger partial charge on any atom is 0.261 e. The van der Waals surface area contributed by atoms with Gasteiger partial charge in [-0.2, -0.15) is 11.8 Å². The van der Waals surface area contributed by atoms with Crippen LogP contribution in [0.25, 0.3) is 0 Å². The summed E-state index contributed by atoms with van der Waals surface area (Å²) in [6, 6.07) is 4.53. The third-order valence-corrected chi connectivity index (χ3v) is 6.04. The van der Waals surface area contributed by atoms with Crippen molar-refractivity contribution in [2.45, 2.75) is 63.3 Å². The Labute approximate surface area is 137 Å². The summed E-state index contributed by atoms with van der Waals surface area (Å²) in [6.07, 6.45) is 7.17. The minimum atomic E-state index is -0.356. The second-order valence-corrected chi connectivity index (χ2v) is 7.72. The molecule has 0 aromatic heterocycles. The summed E-state index contributed by atoms with van der Waals surface area (Å²) in [5, 5.41) is 3.90. The van der Waals surface area contributed by atoms with Crippen molar-refractivity contribution in [3.8, 4) is 5.75 Å². The lowest BCUT2D eigenvalue weighted by atomic mass is 9.94. The average molecular weight is 319 g/mol. The number of ether oxygens (including phenoxy) is 1. The van der Waals surface area contributed by atoms with Gasteiger partial charge in [0.2, 0.25) is 0 Å². The Morgan fingerprint density at radius 2 is 2.05 bits per heavy atom. The Morgan fingerprint density at radius 1 is 1.27 bits per heavy atom. The van der Waals surface area contributed by atoms with Gasteiger partial charge in [-0.3, -0.25) is 4.79 Å². The molecular formula is C18H25NO2S. The van der Waals surface area contributed by atoms with Crippen molar-refractivity contribution in [2.24, 2.45) is 0 Å². The molecule has 3 atom stereocenters. The lowest BCUT2D eigenvalue weighted by molar-refractivity contribution is -0.128. The molecular weight excluding hydrogens is 294 g/mol. The highest BCUT2D eigenvalue weighted by atomic mass is 32.2. The molecule has 1 fully saturated rings. The smallest absolute Gasteiger partial charge is 0.261 e. The number of nitrogens with one attached hydrogen (secondary N) is 1. The quantitative estimate of drug-likeness (QED) is 0.928. The van der Waals surface area contributed by atoms with Crippen molar-refractivity contribution in [3.63, 3.8) is 0 Å². The van der Waals surface area contributed by atoms with Gasteiger partial charge < -0.3 is 10.1 Å². The van der Waals surface area contributed by atoms with Gasteiger partial charge in [-0.15, -0.1) is 0 Å². The number of fused-ring (bicyclic) bond motifs is 1. The molecule has 1 saturated carbocycles. The van der Waals surface area contributed by atoms with Crippen molar-refractivity contribution < 1.29 is 9.53 Å². The van der Waals surface area contributed by atoms with Crippen LogP contribution < -0.4 is 10.1 Å². The molecule has 0 spiro atoms. The zero-order valence-corrected chi connectivity index (χ0v) is 14.5. The highest BCUT2D eigenvalue weighted by Gasteiger charge is 2.32. The van der Waals surface area contributed by atoms with E-state index in [0.717, 1.165) is 24.2 Å². The Balaban J connectivity index is 1.60. The average Bonchev–Trinajstić information content (AvgIpc) is 2.91. The number of carbonyl (C=O) groups is 1. The van der Waals surface area contributed by atoms with Crippen molar-refractivity contribution in [3.05, 3.63) is 28.8 Å². The van der Waals surface area contributed by atoms with Crippen LogP contribution in [0.4, 0.5) is 0 Å². The number of benzene rings is 1. The largest absolute Gasteiger partial charge is 0.480 e. The van der Waals surface area contributed by atoms with Gasteiger partial charge in [0, 0.05) is 17.7 Å². The van der Waals surface area contributed by atoms with E-state index in [2.05, 4.69) is 37.6 Å². The molecule has 1 amide bonds. The van der Waals surface area contributed by atoms with E-state index < -0.39 is 0 Å². The first-order chi connectivity index (χ1) is 10.6. The van der Waals surface area contributed by atoms with E-state index >= 15 is 0 Å².